The molecule has 554 valence electrons. The van der Waals surface area contributed by atoms with E-state index in [1.54, 1.807) is 51.1 Å². The first-order valence-electron chi connectivity index (χ1n) is 34.4. The number of H-pyrrole nitrogens is 2. The molecule has 0 spiro atoms. The molecule has 2 aromatic heterocycles. The normalized spacial score (nSPS) is 16.6. The highest BCUT2D eigenvalue weighted by atomic mass is 16.4. The summed E-state index contributed by atoms with van der Waals surface area (Å²) in [6.07, 6.45) is -1.86. The molecule has 33 nitrogen and oxygen atoms in total. The fraction of sp³-hybridized carbons (Fsp3) is 0.486. The molecule has 33 heteroatoms. The molecule has 0 aliphatic carbocycles. The van der Waals surface area contributed by atoms with Gasteiger partial charge in [0.25, 0.3) is 0 Å². The Kier molecular flexibility index (Phi) is 26.1. The predicted octanol–water partition coefficient (Wildman–Crippen LogP) is 1.76. The van der Waals surface area contributed by atoms with Crippen LogP contribution in [0.25, 0.3) is 34.2 Å². The van der Waals surface area contributed by atoms with Gasteiger partial charge in [-0.3, -0.25) is 67.8 Å². The number of phenolic OH excluding ortho intramolecular Hbond substituents is 4. The number of benzene rings is 4. The van der Waals surface area contributed by atoms with Crippen LogP contribution in [0.15, 0.2) is 82.4 Å². The molecule has 11 N–H and O–H groups in total. The number of hydrogen-bond donors (Lipinski definition) is 11. The van der Waals surface area contributed by atoms with Crippen molar-refractivity contribution in [2.45, 2.75) is 96.8 Å². The molecule has 3 amide bonds. The summed E-state index contributed by atoms with van der Waals surface area (Å²) >= 11 is 0. The number of ketones is 1. The minimum atomic E-state index is -1.43. The SMILES string of the molecule is CC(C)c1cc(-c2n[nH]c(=O)n2-c2ccc(CN3CCN(C(=O)CCC(=O)[C@H](CC(=O)N4CCN(Cc5ccc(-n6c(-c7cc(C(C)C)c(O)cc7O)n[nH]c6=O)cc5)CC4)NC(=O)CC[C@H](C(=O)O)N4CCN(CC(=O)O)CCN(CC(=O)O)CCN(CC(=O)O)CC4)CC3)cc2)c(O)cc1O. The van der Waals surface area contributed by atoms with Crippen molar-refractivity contribution in [3.63, 3.8) is 0 Å². The molecule has 3 aliphatic rings. The first-order valence-corrected chi connectivity index (χ1v) is 34.4. The number of aromatic amines is 2. The number of phenols is 4. The van der Waals surface area contributed by atoms with Crippen LogP contribution in [0.1, 0.15) is 93.9 Å². The second kappa shape index (κ2) is 35.0. The Morgan fingerprint density at radius 1 is 0.466 bits per heavy atom. The van der Waals surface area contributed by atoms with E-state index >= 15 is 0 Å². The van der Waals surface area contributed by atoms with Gasteiger partial charge < -0.3 is 56.0 Å². The summed E-state index contributed by atoms with van der Waals surface area (Å²) in [5.41, 5.74) is 3.25. The molecule has 0 saturated carbocycles. The highest BCUT2D eigenvalue weighted by Gasteiger charge is 2.34. The third-order valence-electron chi connectivity index (χ3n) is 19.0. The Balaban J connectivity index is 0.839. The Labute approximate surface area is 592 Å². The van der Waals surface area contributed by atoms with Crippen molar-refractivity contribution in [1.29, 1.82) is 0 Å². The lowest BCUT2D eigenvalue weighted by atomic mass is 9.98. The van der Waals surface area contributed by atoms with Crippen LogP contribution in [0, 0.1) is 0 Å². The standard InChI is InChI=1S/C70H91N15O18/c1-43(2)49-33-51(58(89)36-56(49)87)66-72-74-69(102)84(66)47-9-5-45(6-10-47)38-76-23-29-82(30-24-76)61(92)16-14-55(86)53(71-60(91)15-13-54(68(100)101)81-27-21-79(41-64(96)97)19-17-78(40-63(94)95)18-20-80(22-28-81)42-65(98)99)35-62(93)83-31-25-77(26-32-83)39-46-7-11-48(12-8-46)85-67(73-75-70(85)103)52-34-50(44(3)4)57(88)37-59(52)90/h5-12,33-34,36-37,43-44,53-54,87-90H,13-32,35,38-42H2,1-4H3,(H,71,91)(H,74,102)(H,75,103)(H,94,95)(H,96,97)(H,98,99)(H,100,101)/t53-,54+/m0/s1. The van der Waals surface area contributed by atoms with Crippen molar-refractivity contribution < 1.29 is 79.2 Å². The Hall–Kier alpha value is -10.3. The molecule has 0 bridgehead atoms. The van der Waals surface area contributed by atoms with Gasteiger partial charge in [-0.2, -0.15) is 10.2 Å². The number of carbonyl (C=O) groups excluding carboxylic acids is 4. The minimum absolute atomic E-state index is 0.0109. The predicted molar refractivity (Wildman–Crippen MR) is 373 cm³/mol. The van der Waals surface area contributed by atoms with Crippen LogP contribution < -0.4 is 16.7 Å². The number of hydrogen-bond acceptors (Lipinski definition) is 22. The van der Waals surface area contributed by atoms with E-state index in [0.717, 1.165) is 11.1 Å². The van der Waals surface area contributed by atoms with E-state index in [4.69, 9.17) is 0 Å². The smallest absolute Gasteiger partial charge is 0.348 e. The van der Waals surface area contributed by atoms with Gasteiger partial charge >= 0.3 is 35.3 Å². The molecule has 9 rings (SSSR count). The lowest BCUT2D eigenvalue weighted by molar-refractivity contribution is -0.145. The number of amides is 3. The Morgan fingerprint density at radius 2 is 0.845 bits per heavy atom. The number of nitrogens with zero attached hydrogens (tertiary/aromatic N) is 12. The van der Waals surface area contributed by atoms with Gasteiger partial charge in [0.2, 0.25) is 17.7 Å². The number of Topliss-reactive ketones (excluding diaryl/α,β-unsaturated/α-hetero) is 1. The van der Waals surface area contributed by atoms with Gasteiger partial charge in [-0.25, -0.2) is 28.9 Å². The molecule has 3 fully saturated rings. The van der Waals surface area contributed by atoms with Crippen LogP contribution in [0.2, 0.25) is 0 Å². The van der Waals surface area contributed by atoms with Crippen molar-refractivity contribution in [3.8, 4) is 57.1 Å². The molecule has 103 heavy (non-hydrogen) atoms. The first kappa shape index (κ1) is 76.9. The molecule has 0 unspecified atom stereocenters. The third-order valence-corrected chi connectivity index (χ3v) is 19.0. The van der Waals surface area contributed by atoms with Gasteiger partial charge in [0.15, 0.2) is 17.4 Å². The fourth-order valence-corrected chi connectivity index (χ4v) is 13.3. The molecular weight excluding hydrogens is 1340 g/mol. The summed E-state index contributed by atoms with van der Waals surface area (Å²) in [6, 6.07) is 17.2. The average Bonchev–Trinajstić information content (AvgIpc) is 1.69. The maximum Gasteiger partial charge on any atom is 0.348 e. The second-order valence-corrected chi connectivity index (χ2v) is 26.9. The van der Waals surface area contributed by atoms with Crippen LogP contribution in [0.4, 0.5) is 0 Å². The van der Waals surface area contributed by atoms with Gasteiger partial charge in [0, 0.05) is 149 Å². The number of carboxylic acids is 4. The summed E-state index contributed by atoms with van der Waals surface area (Å²) in [5, 5.41) is 98.3. The van der Waals surface area contributed by atoms with Crippen LogP contribution in [-0.2, 0) is 51.4 Å². The number of aromatic nitrogens is 6. The quantitative estimate of drug-likeness (QED) is 0.0333. The Morgan fingerprint density at radius 3 is 1.22 bits per heavy atom. The van der Waals surface area contributed by atoms with E-state index in [9.17, 15) is 88.8 Å². The number of carboxylic acid groups (broad SMARTS) is 4. The van der Waals surface area contributed by atoms with E-state index in [0.29, 0.717) is 74.9 Å². The van der Waals surface area contributed by atoms with Crippen molar-refractivity contribution in [2.75, 3.05) is 124 Å². The maximum atomic E-state index is 14.4. The number of piperazine rings is 2. The van der Waals surface area contributed by atoms with Crippen LogP contribution in [-0.4, -0.2) is 293 Å². The van der Waals surface area contributed by atoms with E-state index in [-0.39, 0.29) is 155 Å². The summed E-state index contributed by atoms with van der Waals surface area (Å²) < 4.78 is 2.64. The molecule has 5 heterocycles. The van der Waals surface area contributed by atoms with Crippen molar-refractivity contribution in [2.24, 2.45) is 0 Å². The first-order chi connectivity index (χ1) is 49.1. The zero-order chi connectivity index (χ0) is 74.3. The lowest BCUT2D eigenvalue weighted by Gasteiger charge is -2.36. The van der Waals surface area contributed by atoms with E-state index in [1.807, 2.05) is 52.0 Å². The summed E-state index contributed by atoms with van der Waals surface area (Å²) in [6.45, 7) is 10.5. The van der Waals surface area contributed by atoms with E-state index in [2.05, 4.69) is 35.5 Å². The third kappa shape index (κ3) is 20.5. The van der Waals surface area contributed by atoms with Gasteiger partial charge in [-0.1, -0.05) is 52.0 Å². The van der Waals surface area contributed by atoms with E-state index < -0.39 is 90.9 Å². The Bertz CT molecular complexity index is 4100. The number of rotatable bonds is 28. The van der Waals surface area contributed by atoms with Gasteiger partial charge in [0.05, 0.1) is 54.6 Å². The summed E-state index contributed by atoms with van der Waals surface area (Å²) in [5.74, 6) is -7.55. The topological polar surface area (TPSA) is 438 Å². The molecule has 2 atom stereocenters. The lowest BCUT2D eigenvalue weighted by Crippen LogP contribution is -2.52. The van der Waals surface area contributed by atoms with Gasteiger partial charge in [-0.05, 0) is 76.9 Å². The number of aromatic hydroxyl groups is 4. The molecular formula is C70H91N15O18. The summed E-state index contributed by atoms with van der Waals surface area (Å²) in [7, 11) is 0. The molecule has 4 aromatic carbocycles. The molecule has 0 radical (unpaired) electrons. The zero-order valence-corrected chi connectivity index (χ0v) is 58.1. The second-order valence-electron chi connectivity index (χ2n) is 26.9. The molecule has 3 aliphatic heterocycles. The monoisotopic (exact) mass is 1430 g/mol. The van der Waals surface area contributed by atoms with Crippen molar-refractivity contribution in [3.05, 3.63) is 116 Å². The highest BCUT2D eigenvalue weighted by Crippen LogP contribution is 2.39. The van der Waals surface area contributed by atoms with Crippen molar-refractivity contribution >= 4 is 47.4 Å². The van der Waals surface area contributed by atoms with Crippen LogP contribution >= 0.6 is 0 Å². The van der Waals surface area contributed by atoms with Gasteiger partial charge in [0.1, 0.15) is 29.0 Å². The van der Waals surface area contributed by atoms with Gasteiger partial charge in [-0.15, -0.1) is 0 Å². The summed E-state index contributed by atoms with van der Waals surface area (Å²) in [4.78, 5) is 145. The van der Waals surface area contributed by atoms with Crippen LogP contribution in [0.3, 0.4) is 0 Å². The average molecular weight is 1430 g/mol. The molecule has 3 saturated heterocycles. The maximum absolute atomic E-state index is 14.4. The fourth-order valence-electron chi connectivity index (χ4n) is 13.3. The number of aliphatic carboxylic acids is 4. The number of carbonyl (C=O) groups is 8. The molecule has 6 aromatic rings. The van der Waals surface area contributed by atoms with Crippen molar-refractivity contribution in [1.82, 2.24) is 74.0 Å². The largest absolute Gasteiger partial charge is 0.508 e. The number of nitrogens with one attached hydrogen (secondary N) is 3. The zero-order valence-electron chi connectivity index (χ0n) is 58.1. The minimum Gasteiger partial charge on any atom is -0.508 e. The highest BCUT2D eigenvalue weighted by molar-refractivity contribution is 5.95. The van der Waals surface area contributed by atoms with E-state index in [1.165, 1.54) is 36.0 Å². The van der Waals surface area contributed by atoms with Crippen LogP contribution in [0.5, 0.6) is 23.0 Å².